The van der Waals surface area contributed by atoms with Crippen LogP contribution >= 0.6 is 11.3 Å². The van der Waals surface area contributed by atoms with Crippen molar-refractivity contribution in [3.8, 4) is 11.5 Å². The zero-order chi connectivity index (χ0) is 19.4. The summed E-state index contributed by atoms with van der Waals surface area (Å²) in [6, 6.07) is 5.38. The molecule has 1 aromatic carbocycles. The summed E-state index contributed by atoms with van der Waals surface area (Å²) in [5.41, 5.74) is 2.01. The van der Waals surface area contributed by atoms with Crippen molar-refractivity contribution in [2.24, 2.45) is 0 Å². The number of hydrogen-bond donors (Lipinski definition) is 2. The van der Waals surface area contributed by atoms with Crippen molar-refractivity contribution in [2.45, 2.75) is 44.8 Å². The molecule has 144 valence electrons. The van der Waals surface area contributed by atoms with E-state index in [4.69, 9.17) is 9.47 Å². The van der Waals surface area contributed by atoms with Crippen molar-refractivity contribution < 1.29 is 19.1 Å². The van der Waals surface area contributed by atoms with Crippen molar-refractivity contribution in [1.29, 1.82) is 0 Å². The van der Waals surface area contributed by atoms with Gasteiger partial charge in [0.2, 0.25) is 16.9 Å². The molecule has 1 aliphatic heterocycles. The topological polar surface area (TPSA) is 102 Å². The van der Waals surface area contributed by atoms with Gasteiger partial charge in [0.05, 0.1) is 13.2 Å². The molecule has 1 aliphatic rings. The summed E-state index contributed by atoms with van der Waals surface area (Å²) in [6.45, 7) is 3.95. The highest BCUT2D eigenvalue weighted by Gasteiger charge is 2.34. The maximum absolute atomic E-state index is 12.4. The van der Waals surface area contributed by atoms with Gasteiger partial charge in [-0.3, -0.25) is 9.59 Å². The van der Waals surface area contributed by atoms with Crippen LogP contribution < -0.4 is 20.1 Å². The first-order valence-electron chi connectivity index (χ1n) is 8.58. The second-order valence-electron chi connectivity index (χ2n) is 6.88. The third-order valence-electron chi connectivity index (χ3n) is 4.20. The summed E-state index contributed by atoms with van der Waals surface area (Å²) in [7, 11) is 1.60. The number of rotatable bonds is 6. The molecule has 0 saturated carbocycles. The molecule has 27 heavy (non-hydrogen) atoms. The van der Waals surface area contributed by atoms with Crippen LogP contribution in [0, 0.1) is 0 Å². The number of nitrogens with one attached hydrogen (secondary N) is 2. The molecule has 2 aromatic rings. The van der Waals surface area contributed by atoms with Gasteiger partial charge in [0.25, 0.3) is 0 Å². The molecule has 2 N–H and O–H groups in total. The summed E-state index contributed by atoms with van der Waals surface area (Å²) in [6.07, 6.45) is 0.802. The predicted octanol–water partition coefficient (Wildman–Crippen LogP) is 2.68. The Kier molecular flexibility index (Phi) is 5.59. The number of nitrogens with zero attached hydrogens (tertiary/aromatic N) is 2. The number of benzene rings is 1. The van der Waals surface area contributed by atoms with Gasteiger partial charge < -0.3 is 20.1 Å². The molecule has 1 aromatic heterocycles. The van der Waals surface area contributed by atoms with Crippen LogP contribution in [-0.4, -0.2) is 34.7 Å². The summed E-state index contributed by atoms with van der Waals surface area (Å²) in [5, 5.41) is 13.4. The summed E-state index contributed by atoms with van der Waals surface area (Å²) < 4.78 is 11.3. The summed E-state index contributed by atoms with van der Waals surface area (Å²) in [5.74, 6) is 0.945. The van der Waals surface area contributed by atoms with Crippen LogP contribution in [-0.2, 0) is 9.59 Å². The van der Waals surface area contributed by atoms with Gasteiger partial charge in [-0.25, -0.2) is 0 Å². The summed E-state index contributed by atoms with van der Waals surface area (Å²) >= 11 is 1.23. The first-order chi connectivity index (χ1) is 12.9. The molecular formula is C18H22N4O4S. The van der Waals surface area contributed by atoms with Gasteiger partial charge in [-0.05, 0) is 26.0 Å². The van der Waals surface area contributed by atoms with Crippen molar-refractivity contribution in [3.05, 3.63) is 29.3 Å². The zero-order valence-electron chi connectivity index (χ0n) is 15.4. The molecule has 3 rings (SSSR count). The maximum Gasteiger partial charge on any atom is 0.226 e. The monoisotopic (exact) mass is 390 g/mol. The van der Waals surface area contributed by atoms with Crippen molar-refractivity contribution in [1.82, 2.24) is 15.5 Å². The molecule has 0 radical (unpaired) electrons. The van der Waals surface area contributed by atoms with Gasteiger partial charge in [0.15, 0.2) is 0 Å². The van der Waals surface area contributed by atoms with Gasteiger partial charge in [-0.2, -0.15) is 0 Å². The van der Waals surface area contributed by atoms with Gasteiger partial charge in [0.1, 0.15) is 22.6 Å². The quantitative estimate of drug-likeness (QED) is 0.786. The number of carbonyl (C=O) groups excluding carboxylic acids is 2. The number of fused-ring (bicyclic) bond motifs is 1. The lowest BCUT2D eigenvalue weighted by atomic mass is 9.89. The first kappa shape index (κ1) is 19.1. The Morgan fingerprint density at radius 1 is 1.33 bits per heavy atom. The zero-order valence-corrected chi connectivity index (χ0v) is 16.3. The Morgan fingerprint density at radius 2 is 2.11 bits per heavy atom. The standard InChI is InChI=1S/C18H22N4O4S/c1-18(2)9-13(12-5-4-11(25-3)8-14(12)26-18)20-15(23)6-7-16(24)21-17-22-19-10-27-17/h4-5,8,10,13H,6-7,9H2,1-3H3,(H,20,23)(H,21,22,24). The van der Waals surface area contributed by atoms with E-state index >= 15 is 0 Å². The minimum Gasteiger partial charge on any atom is -0.497 e. The molecule has 0 spiro atoms. The van der Waals surface area contributed by atoms with Crippen LogP contribution in [0.4, 0.5) is 5.13 Å². The Morgan fingerprint density at radius 3 is 2.81 bits per heavy atom. The molecule has 8 nitrogen and oxygen atoms in total. The van der Waals surface area contributed by atoms with Crippen LogP contribution in [0.2, 0.25) is 0 Å². The fourth-order valence-electron chi connectivity index (χ4n) is 2.99. The smallest absolute Gasteiger partial charge is 0.226 e. The lowest BCUT2D eigenvalue weighted by Crippen LogP contribution is -2.41. The molecule has 9 heteroatoms. The van der Waals surface area contributed by atoms with E-state index in [0.29, 0.717) is 23.1 Å². The molecule has 2 amide bonds. The van der Waals surface area contributed by atoms with Crippen molar-refractivity contribution >= 4 is 28.3 Å². The number of carbonyl (C=O) groups is 2. The van der Waals surface area contributed by atoms with E-state index in [1.807, 2.05) is 32.0 Å². The molecule has 2 heterocycles. The van der Waals surface area contributed by atoms with E-state index in [0.717, 1.165) is 5.56 Å². The van der Waals surface area contributed by atoms with Crippen LogP contribution in [0.5, 0.6) is 11.5 Å². The maximum atomic E-state index is 12.4. The SMILES string of the molecule is COc1ccc2c(c1)OC(C)(C)CC2NC(=O)CCC(=O)Nc1nncs1. The van der Waals surface area contributed by atoms with Gasteiger partial charge in [-0.15, -0.1) is 10.2 Å². The second kappa shape index (κ2) is 7.91. The minimum absolute atomic E-state index is 0.0769. The van der Waals surface area contributed by atoms with E-state index in [-0.39, 0.29) is 30.7 Å². The number of amides is 2. The Balaban J connectivity index is 1.61. The number of ether oxygens (including phenoxy) is 2. The second-order valence-corrected chi connectivity index (χ2v) is 7.72. The molecule has 0 bridgehead atoms. The Bertz CT molecular complexity index is 823. The van der Waals surface area contributed by atoms with Crippen LogP contribution in [0.3, 0.4) is 0 Å². The average molecular weight is 390 g/mol. The molecule has 1 unspecified atom stereocenters. The van der Waals surface area contributed by atoms with Gasteiger partial charge >= 0.3 is 0 Å². The highest BCUT2D eigenvalue weighted by Crippen LogP contribution is 2.41. The van der Waals surface area contributed by atoms with Crippen molar-refractivity contribution in [3.63, 3.8) is 0 Å². The largest absolute Gasteiger partial charge is 0.497 e. The Hall–Kier alpha value is -2.68. The van der Waals surface area contributed by atoms with E-state index in [2.05, 4.69) is 20.8 Å². The Labute approximate surface area is 161 Å². The fraction of sp³-hybridized carbons (Fsp3) is 0.444. The number of aromatic nitrogens is 2. The van der Waals surface area contributed by atoms with Crippen LogP contribution in [0.1, 0.15) is 44.7 Å². The van der Waals surface area contributed by atoms with E-state index in [1.54, 1.807) is 7.11 Å². The third-order valence-corrected chi connectivity index (χ3v) is 4.81. The van der Waals surface area contributed by atoms with Crippen LogP contribution in [0.15, 0.2) is 23.7 Å². The minimum atomic E-state index is -0.424. The molecule has 0 aliphatic carbocycles. The van der Waals surface area contributed by atoms with E-state index in [9.17, 15) is 9.59 Å². The van der Waals surface area contributed by atoms with E-state index in [1.165, 1.54) is 16.8 Å². The predicted molar refractivity (Wildman–Crippen MR) is 101 cm³/mol. The lowest BCUT2D eigenvalue weighted by molar-refractivity contribution is -0.125. The molecule has 0 saturated heterocycles. The van der Waals surface area contributed by atoms with Gasteiger partial charge in [-0.1, -0.05) is 11.3 Å². The highest BCUT2D eigenvalue weighted by molar-refractivity contribution is 7.13. The summed E-state index contributed by atoms with van der Waals surface area (Å²) in [4.78, 5) is 24.3. The normalized spacial score (nSPS) is 17.4. The van der Waals surface area contributed by atoms with Gasteiger partial charge in [0, 0.05) is 30.9 Å². The molecular weight excluding hydrogens is 368 g/mol. The number of anilines is 1. The molecule has 1 atom stereocenters. The lowest BCUT2D eigenvalue weighted by Gasteiger charge is -2.38. The van der Waals surface area contributed by atoms with Crippen molar-refractivity contribution in [2.75, 3.05) is 12.4 Å². The number of hydrogen-bond acceptors (Lipinski definition) is 7. The third kappa shape index (κ3) is 4.94. The highest BCUT2D eigenvalue weighted by atomic mass is 32.1. The first-order valence-corrected chi connectivity index (χ1v) is 9.46. The molecule has 0 fully saturated rings. The average Bonchev–Trinajstić information content (AvgIpc) is 3.11. The number of methoxy groups -OCH3 is 1. The van der Waals surface area contributed by atoms with E-state index < -0.39 is 5.60 Å². The van der Waals surface area contributed by atoms with Crippen LogP contribution in [0.25, 0.3) is 0 Å². The fourth-order valence-corrected chi connectivity index (χ4v) is 3.45.